The van der Waals surface area contributed by atoms with Gasteiger partial charge in [-0.1, -0.05) is 115 Å². The highest BCUT2D eigenvalue weighted by atomic mass is 16.5. The Balaban J connectivity index is 1.16. The Morgan fingerprint density at radius 3 is 2.03 bits per heavy atom. The maximum absolute atomic E-state index is 13.8. The molecule has 11 nitrogen and oxygen atoms in total. The zero-order chi connectivity index (χ0) is 40.8. The Labute approximate surface area is 341 Å². The molecule has 4 N–H and O–H groups in total. The van der Waals surface area contributed by atoms with Crippen molar-refractivity contribution in [1.82, 2.24) is 16.0 Å². The lowest BCUT2D eigenvalue weighted by Crippen LogP contribution is -2.45. The van der Waals surface area contributed by atoms with Gasteiger partial charge in [-0.3, -0.25) is 14.4 Å². The molecule has 4 unspecified atom stereocenters. The number of alkyl carbamates (subject to hydrolysis) is 1. The van der Waals surface area contributed by atoms with Crippen molar-refractivity contribution in [3.8, 4) is 5.75 Å². The predicted molar refractivity (Wildman–Crippen MR) is 221 cm³/mol. The molecule has 1 aliphatic heterocycles. The number of carbonyl (C=O) groups excluding carboxylic acids is 4. The zero-order valence-corrected chi connectivity index (χ0v) is 32.9. The lowest BCUT2D eigenvalue weighted by Gasteiger charge is -2.25. The monoisotopic (exact) mass is 789 g/mol. The van der Waals surface area contributed by atoms with Crippen LogP contribution >= 0.6 is 0 Å². The fraction of sp³-hybridized carbons (Fsp3) is 0.362. The topological polar surface area (TPSA) is 152 Å². The van der Waals surface area contributed by atoms with Gasteiger partial charge in [0.1, 0.15) is 25.6 Å². The summed E-state index contributed by atoms with van der Waals surface area (Å²) in [6, 6.07) is 35.6. The summed E-state index contributed by atoms with van der Waals surface area (Å²) in [4.78, 5) is 52.7. The molecule has 1 heterocycles. The number of allylic oxidation sites excluding steroid dienone is 2. The Morgan fingerprint density at radius 2 is 1.38 bits per heavy atom. The number of nitrogens with one attached hydrogen (secondary N) is 3. The van der Waals surface area contributed by atoms with Crippen LogP contribution in [0, 0.1) is 11.8 Å². The fourth-order valence-electron chi connectivity index (χ4n) is 6.68. The SMILES string of the molecule is O=C(CC1CC=CCC(Cc2ccccc2)C(=O)OCC(CCCCNC(=O)OCc2ccccc2)NC1=O)NC(CO)Cc1ccc(OCc2ccccc2)cc1. The highest BCUT2D eigenvalue weighted by molar-refractivity contribution is 5.86. The van der Waals surface area contributed by atoms with Crippen LogP contribution in [0.15, 0.2) is 127 Å². The van der Waals surface area contributed by atoms with Crippen LogP contribution < -0.4 is 20.7 Å². The van der Waals surface area contributed by atoms with Gasteiger partial charge in [-0.15, -0.1) is 0 Å². The standard InChI is InChI=1S/C47H55N3O8/c51-31-42(29-36-23-25-43(26-24-36)56-32-37-16-6-2-7-17-37)49-44(52)30-39-20-10-11-21-40(28-35-14-4-1-5-15-35)46(54)57-34-41(50-45(39)53)22-12-13-27-48-47(55)58-33-38-18-8-3-9-19-38/h1-11,14-19,23-26,39-42,51H,12-13,20-22,27-34H2,(H,48,55)(H,49,52)(H,50,53). The van der Waals surface area contributed by atoms with Crippen molar-refractivity contribution < 1.29 is 38.5 Å². The number of hydrogen-bond donors (Lipinski definition) is 4. The van der Waals surface area contributed by atoms with E-state index in [0.29, 0.717) is 63.8 Å². The van der Waals surface area contributed by atoms with Gasteiger partial charge in [-0.2, -0.15) is 0 Å². The van der Waals surface area contributed by atoms with E-state index in [0.717, 1.165) is 22.3 Å². The van der Waals surface area contributed by atoms with Crippen LogP contribution in [0.4, 0.5) is 4.79 Å². The molecule has 0 aliphatic carbocycles. The summed E-state index contributed by atoms with van der Waals surface area (Å²) < 4.78 is 17.0. The molecule has 4 aromatic rings. The molecular formula is C47H55N3O8. The summed E-state index contributed by atoms with van der Waals surface area (Å²) in [7, 11) is 0. The molecule has 5 rings (SSSR count). The van der Waals surface area contributed by atoms with E-state index in [1.54, 1.807) is 0 Å². The van der Waals surface area contributed by atoms with Gasteiger partial charge in [-0.05, 0) is 79.3 Å². The Morgan fingerprint density at radius 1 is 0.759 bits per heavy atom. The molecule has 58 heavy (non-hydrogen) atoms. The number of benzene rings is 4. The number of ether oxygens (including phenoxy) is 3. The minimum atomic E-state index is -0.692. The highest BCUT2D eigenvalue weighted by Crippen LogP contribution is 2.20. The van der Waals surface area contributed by atoms with Crippen molar-refractivity contribution in [3.63, 3.8) is 0 Å². The molecule has 4 aromatic carbocycles. The molecule has 0 saturated carbocycles. The molecule has 0 aromatic heterocycles. The molecular weight excluding hydrogens is 735 g/mol. The van der Waals surface area contributed by atoms with Gasteiger partial charge in [0.05, 0.1) is 30.5 Å². The van der Waals surface area contributed by atoms with Crippen LogP contribution in [-0.4, -0.2) is 60.8 Å². The molecule has 0 spiro atoms. The van der Waals surface area contributed by atoms with Gasteiger partial charge in [0.25, 0.3) is 0 Å². The van der Waals surface area contributed by atoms with E-state index in [4.69, 9.17) is 14.2 Å². The number of aliphatic hydroxyl groups excluding tert-OH is 1. The first kappa shape index (κ1) is 43.2. The van der Waals surface area contributed by atoms with Crippen molar-refractivity contribution in [2.75, 3.05) is 19.8 Å². The number of carbonyl (C=O) groups is 4. The van der Waals surface area contributed by atoms with Crippen LogP contribution in [0.2, 0.25) is 0 Å². The van der Waals surface area contributed by atoms with E-state index in [9.17, 15) is 24.3 Å². The number of unbranched alkanes of at least 4 members (excludes halogenated alkanes) is 1. The van der Waals surface area contributed by atoms with Crippen LogP contribution in [0.25, 0.3) is 0 Å². The molecule has 11 heteroatoms. The Kier molecular flexibility index (Phi) is 17.8. The maximum Gasteiger partial charge on any atom is 0.407 e. The predicted octanol–water partition coefficient (Wildman–Crippen LogP) is 6.63. The van der Waals surface area contributed by atoms with Crippen molar-refractivity contribution >= 4 is 23.9 Å². The third-order valence-electron chi connectivity index (χ3n) is 9.94. The smallest absolute Gasteiger partial charge is 0.407 e. The third-order valence-corrected chi connectivity index (χ3v) is 9.94. The van der Waals surface area contributed by atoms with Gasteiger partial charge in [0.2, 0.25) is 11.8 Å². The normalized spacial score (nSPS) is 17.7. The number of hydrogen-bond acceptors (Lipinski definition) is 8. The van der Waals surface area contributed by atoms with Gasteiger partial charge in [0, 0.05) is 13.0 Å². The second-order valence-corrected chi connectivity index (χ2v) is 14.6. The number of esters is 1. The van der Waals surface area contributed by atoms with Crippen LogP contribution in [0.3, 0.4) is 0 Å². The summed E-state index contributed by atoms with van der Waals surface area (Å²) in [6.45, 7) is 0.703. The first-order valence-corrected chi connectivity index (χ1v) is 20.1. The minimum Gasteiger partial charge on any atom is -0.489 e. The minimum absolute atomic E-state index is 0.0201. The second kappa shape index (κ2) is 24.0. The molecule has 3 amide bonds. The third kappa shape index (κ3) is 15.5. The maximum atomic E-state index is 13.8. The van der Waals surface area contributed by atoms with Crippen LogP contribution in [0.5, 0.6) is 5.75 Å². The average molecular weight is 790 g/mol. The fourth-order valence-corrected chi connectivity index (χ4v) is 6.68. The van der Waals surface area contributed by atoms with E-state index < -0.39 is 30.0 Å². The average Bonchev–Trinajstić information content (AvgIpc) is 3.25. The first-order chi connectivity index (χ1) is 28.3. The lowest BCUT2D eigenvalue weighted by molar-refractivity contribution is -0.150. The molecule has 306 valence electrons. The van der Waals surface area contributed by atoms with Crippen LogP contribution in [-0.2, 0) is 49.9 Å². The van der Waals surface area contributed by atoms with Crippen LogP contribution in [0.1, 0.15) is 60.8 Å². The summed E-state index contributed by atoms with van der Waals surface area (Å²) in [6.07, 6.45) is 6.47. The van der Waals surface area contributed by atoms with E-state index in [-0.39, 0.29) is 44.0 Å². The second-order valence-electron chi connectivity index (χ2n) is 14.6. The zero-order valence-electron chi connectivity index (χ0n) is 32.9. The van der Waals surface area contributed by atoms with Crippen molar-refractivity contribution in [1.29, 1.82) is 0 Å². The van der Waals surface area contributed by atoms with Crippen molar-refractivity contribution in [2.24, 2.45) is 11.8 Å². The van der Waals surface area contributed by atoms with Gasteiger partial charge in [-0.25, -0.2) is 4.79 Å². The van der Waals surface area contributed by atoms with E-state index in [1.807, 2.05) is 127 Å². The van der Waals surface area contributed by atoms with E-state index in [1.165, 1.54) is 0 Å². The molecule has 0 fully saturated rings. The van der Waals surface area contributed by atoms with Crippen molar-refractivity contribution in [2.45, 2.75) is 76.7 Å². The highest BCUT2D eigenvalue weighted by Gasteiger charge is 2.27. The Hall–Kier alpha value is -5.94. The summed E-state index contributed by atoms with van der Waals surface area (Å²) in [5, 5.41) is 18.9. The van der Waals surface area contributed by atoms with Gasteiger partial charge < -0.3 is 35.3 Å². The quantitative estimate of drug-likeness (QED) is 0.0499. The number of rotatable bonds is 18. The summed E-state index contributed by atoms with van der Waals surface area (Å²) in [5.74, 6) is -1.40. The largest absolute Gasteiger partial charge is 0.489 e. The van der Waals surface area contributed by atoms with E-state index in [2.05, 4.69) is 16.0 Å². The molecule has 0 bridgehead atoms. The number of aliphatic hydroxyl groups is 1. The summed E-state index contributed by atoms with van der Waals surface area (Å²) >= 11 is 0. The number of cyclic esters (lactones) is 1. The van der Waals surface area contributed by atoms with Gasteiger partial charge >= 0.3 is 12.1 Å². The molecule has 4 atom stereocenters. The first-order valence-electron chi connectivity index (χ1n) is 20.1. The van der Waals surface area contributed by atoms with Gasteiger partial charge in [0.15, 0.2) is 0 Å². The summed E-state index contributed by atoms with van der Waals surface area (Å²) in [5.41, 5.74) is 3.89. The molecule has 1 aliphatic rings. The molecule has 0 radical (unpaired) electrons. The lowest BCUT2D eigenvalue weighted by atomic mass is 9.94. The molecule has 0 saturated heterocycles. The number of amides is 3. The van der Waals surface area contributed by atoms with E-state index >= 15 is 0 Å². The van der Waals surface area contributed by atoms with Crippen molar-refractivity contribution in [3.05, 3.63) is 150 Å². The Bertz CT molecular complexity index is 1870.